The number of carbonyl (C=O) groups is 1. The number of carbonyl (C=O) groups excluding carboxylic acids is 1. The maximum absolute atomic E-state index is 12.1. The van der Waals surface area contributed by atoms with Crippen molar-refractivity contribution in [3.8, 4) is 0 Å². The van der Waals surface area contributed by atoms with Gasteiger partial charge in [0.25, 0.3) is 0 Å². The van der Waals surface area contributed by atoms with E-state index in [1.54, 1.807) is 24.0 Å². The second-order valence-corrected chi connectivity index (χ2v) is 8.73. The van der Waals surface area contributed by atoms with Crippen LogP contribution in [0.3, 0.4) is 0 Å². The summed E-state index contributed by atoms with van der Waals surface area (Å²) in [6.07, 6.45) is 3.22. The number of nitrogens with zero attached hydrogens (tertiary/aromatic N) is 3. The largest absolute Gasteiger partial charge is 0.462 e. The third-order valence-electron chi connectivity index (χ3n) is 3.94. The van der Waals surface area contributed by atoms with Gasteiger partial charge in [-0.3, -0.25) is 9.48 Å². The topological polar surface area (TPSA) is 66.1 Å². The number of aromatic nitrogens is 3. The molecule has 0 saturated carbocycles. The molecule has 0 bridgehead atoms. The molecule has 0 N–H and O–H groups in total. The molecule has 142 valence electrons. The molecule has 1 atom stereocenters. The zero-order valence-electron chi connectivity index (χ0n) is 14.9. The van der Waals surface area contributed by atoms with E-state index >= 15 is 0 Å². The SMILES string of the molecule is CCOC(=O)c1cn([C@@H](Cn2nc(Br)c(Cl)c2Br)C(C)(C)C)ccc1=O. The fraction of sp³-hybridized carbons (Fsp3) is 0.471. The van der Waals surface area contributed by atoms with Crippen molar-refractivity contribution in [2.75, 3.05) is 6.61 Å². The van der Waals surface area contributed by atoms with Crippen molar-refractivity contribution in [2.45, 2.75) is 40.3 Å². The molecular formula is C17H20Br2ClN3O3. The number of rotatable bonds is 5. The molecule has 2 aromatic rings. The number of ether oxygens (including phenoxy) is 1. The highest BCUT2D eigenvalue weighted by atomic mass is 79.9. The van der Waals surface area contributed by atoms with Gasteiger partial charge in [0.15, 0.2) is 5.43 Å². The van der Waals surface area contributed by atoms with Gasteiger partial charge in [0.2, 0.25) is 0 Å². The normalized spacial score (nSPS) is 12.9. The maximum atomic E-state index is 12.1. The van der Waals surface area contributed by atoms with Crippen molar-refractivity contribution in [1.82, 2.24) is 14.3 Å². The van der Waals surface area contributed by atoms with Crippen LogP contribution in [-0.2, 0) is 11.3 Å². The van der Waals surface area contributed by atoms with Crippen LogP contribution in [0.4, 0.5) is 0 Å². The third kappa shape index (κ3) is 4.58. The highest BCUT2D eigenvalue weighted by Crippen LogP contribution is 2.35. The van der Waals surface area contributed by atoms with Crippen LogP contribution < -0.4 is 5.43 Å². The molecule has 0 aliphatic heterocycles. The lowest BCUT2D eigenvalue weighted by atomic mass is 9.86. The molecule has 2 aromatic heterocycles. The molecule has 26 heavy (non-hydrogen) atoms. The molecule has 0 radical (unpaired) electrons. The maximum Gasteiger partial charge on any atom is 0.343 e. The molecule has 0 spiro atoms. The Morgan fingerprint density at radius 3 is 2.54 bits per heavy atom. The van der Waals surface area contributed by atoms with Crippen molar-refractivity contribution < 1.29 is 9.53 Å². The van der Waals surface area contributed by atoms with E-state index in [9.17, 15) is 9.59 Å². The summed E-state index contributed by atoms with van der Waals surface area (Å²) in [5.74, 6) is -0.620. The Morgan fingerprint density at radius 1 is 1.38 bits per heavy atom. The summed E-state index contributed by atoms with van der Waals surface area (Å²) >= 11 is 12.9. The number of hydrogen-bond acceptors (Lipinski definition) is 4. The van der Waals surface area contributed by atoms with Gasteiger partial charge in [-0.15, -0.1) is 0 Å². The minimum atomic E-state index is -0.620. The van der Waals surface area contributed by atoms with Crippen LogP contribution in [0.1, 0.15) is 44.1 Å². The van der Waals surface area contributed by atoms with Crippen LogP contribution in [0.2, 0.25) is 5.02 Å². The van der Waals surface area contributed by atoms with Crippen molar-refractivity contribution >= 4 is 49.4 Å². The second-order valence-electron chi connectivity index (χ2n) is 6.85. The molecule has 0 aromatic carbocycles. The molecule has 0 aliphatic rings. The van der Waals surface area contributed by atoms with Gasteiger partial charge in [0.05, 0.1) is 19.2 Å². The average Bonchev–Trinajstić information content (AvgIpc) is 2.79. The molecule has 9 heteroatoms. The highest BCUT2D eigenvalue weighted by molar-refractivity contribution is 9.11. The van der Waals surface area contributed by atoms with Gasteiger partial charge in [0, 0.05) is 18.5 Å². The first kappa shape index (κ1) is 21.2. The van der Waals surface area contributed by atoms with E-state index < -0.39 is 5.97 Å². The van der Waals surface area contributed by atoms with Crippen molar-refractivity contribution in [3.63, 3.8) is 0 Å². The lowest BCUT2D eigenvalue weighted by Crippen LogP contribution is -2.31. The van der Waals surface area contributed by atoms with Crippen LogP contribution in [-0.4, -0.2) is 26.9 Å². The summed E-state index contributed by atoms with van der Waals surface area (Å²) in [4.78, 5) is 24.1. The third-order valence-corrected chi connectivity index (χ3v) is 6.12. The highest BCUT2D eigenvalue weighted by Gasteiger charge is 2.29. The Hall–Kier alpha value is -1.12. The molecule has 0 amide bonds. The van der Waals surface area contributed by atoms with Gasteiger partial charge in [-0.2, -0.15) is 5.10 Å². The first-order valence-corrected chi connectivity index (χ1v) is 9.98. The van der Waals surface area contributed by atoms with E-state index in [0.29, 0.717) is 20.8 Å². The summed E-state index contributed by atoms with van der Waals surface area (Å²) in [5, 5.41) is 4.87. The molecule has 0 fully saturated rings. The van der Waals surface area contributed by atoms with Crippen molar-refractivity contribution in [2.24, 2.45) is 5.41 Å². The predicted molar refractivity (Wildman–Crippen MR) is 108 cm³/mol. The molecule has 0 saturated heterocycles. The van der Waals surface area contributed by atoms with Gasteiger partial charge in [-0.05, 0) is 44.2 Å². The van der Waals surface area contributed by atoms with Crippen LogP contribution in [0.15, 0.2) is 32.5 Å². The quantitative estimate of drug-likeness (QED) is 0.549. The Balaban J connectivity index is 2.48. The minimum Gasteiger partial charge on any atom is -0.462 e. The summed E-state index contributed by atoms with van der Waals surface area (Å²) in [6.45, 7) is 8.63. The fourth-order valence-corrected chi connectivity index (χ4v) is 3.74. The van der Waals surface area contributed by atoms with E-state index in [-0.39, 0.29) is 29.1 Å². The van der Waals surface area contributed by atoms with E-state index in [1.807, 2.05) is 4.57 Å². The monoisotopic (exact) mass is 507 g/mol. The summed E-state index contributed by atoms with van der Waals surface area (Å²) in [7, 11) is 0. The van der Waals surface area contributed by atoms with Crippen LogP contribution in [0.5, 0.6) is 0 Å². The van der Waals surface area contributed by atoms with Gasteiger partial charge in [-0.1, -0.05) is 32.4 Å². The van der Waals surface area contributed by atoms with Crippen LogP contribution in [0, 0.1) is 5.41 Å². The smallest absolute Gasteiger partial charge is 0.343 e. The van der Waals surface area contributed by atoms with E-state index in [2.05, 4.69) is 57.7 Å². The van der Waals surface area contributed by atoms with Crippen molar-refractivity contribution in [1.29, 1.82) is 0 Å². The number of hydrogen-bond donors (Lipinski definition) is 0. The second kappa shape index (κ2) is 8.27. The molecule has 6 nitrogen and oxygen atoms in total. The molecule has 0 aliphatic carbocycles. The molecule has 2 heterocycles. The van der Waals surface area contributed by atoms with E-state index in [0.717, 1.165) is 0 Å². The summed E-state index contributed by atoms with van der Waals surface area (Å²) < 4.78 is 9.78. The Labute approximate surface area is 173 Å². The molecular weight excluding hydrogens is 489 g/mol. The van der Waals surface area contributed by atoms with E-state index in [4.69, 9.17) is 16.3 Å². The summed E-state index contributed by atoms with van der Waals surface area (Å²) in [5.41, 5.74) is -0.536. The Kier molecular flexibility index (Phi) is 6.74. The summed E-state index contributed by atoms with van der Waals surface area (Å²) in [6, 6.07) is 1.28. The zero-order chi connectivity index (χ0) is 19.6. The number of esters is 1. The predicted octanol–water partition coefficient (Wildman–Crippen LogP) is 4.69. The van der Waals surface area contributed by atoms with Gasteiger partial charge >= 0.3 is 5.97 Å². The first-order chi connectivity index (χ1) is 12.1. The van der Waals surface area contributed by atoms with Crippen LogP contribution >= 0.6 is 43.5 Å². The van der Waals surface area contributed by atoms with E-state index in [1.165, 1.54) is 6.07 Å². The van der Waals surface area contributed by atoms with Gasteiger partial charge in [-0.25, -0.2) is 4.79 Å². The average molecular weight is 510 g/mol. The number of halogens is 3. The minimum absolute atomic E-state index is 0.0161. The lowest BCUT2D eigenvalue weighted by molar-refractivity contribution is 0.0522. The Morgan fingerprint density at radius 2 is 2.04 bits per heavy atom. The Bertz CT molecular complexity index is 871. The van der Waals surface area contributed by atoms with Crippen molar-refractivity contribution in [3.05, 3.63) is 48.5 Å². The number of pyridine rings is 1. The van der Waals surface area contributed by atoms with Crippen LogP contribution in [0.25, 0.3) is 0 Å². The molecule has 0 unspecified atom stereocenters. The first-order valence-electron chi connectivity index (χ1n) is 8.02. The zero-order valence-corrected chi connectivity index (χ0v) is 18.9. The molecule has 2 rings (SSSR count). The fourth-order valence-electron chi connectivity index (χ4n) is 2.55. The van der Waals surface area contributed by atoms with Gasteiger partial charge < -0.3 is 9.30 Å². The lowest BCUT2D eigenvalue weighted by Gasteiger charge is -2.33. The standard InChI is InChI=1S/C17H20Br2ClN3O3/c1-5-26-16(25)10-8-22(7-6-11(10)24)12(17(2,3)4)9-23-15(19)13(20)14(18)21-23/h6-8,12H,5,9H2,1-4H3/t12-/m0/s1. The van der Waals surface area contributed by atoms with Gasteiger partial charge in [0.1, 0.15) is 19.8 Å².